The van der Waals surface area contributed by atoms with E-state index in [-0.39, 0.29) is 17.5 Å². The minimum atomic E-state index is -0.553. The van der Waals surface area contributed by atoms with Crippen LogP contribution >= 0.6 is 23.1 Å². The minimum absolute atomic E-state index is 0.0866. The summed E-state index contributed by atoms with van der Waals surface area (Å²) in [6.45, 7) is 0. The van der Waals surface area contributed by atoms with E-state index in [2.05, 4.69) is 20.6 Å². The number of rotatable bonds is 4. The summed E-state index contributed by atoms with van der Waals surface area (Å²) in [6.07, 6.45) is 1.63. The van der Waals surface area contributed by atoms with Crippen LogP contribution in [0, 0.1) is 0 Å². The standard InChI is InChI=1S/C17H13N5O3S2/c18-15(24)11-4-9(5-19-11)12-6-27-17(21-12)22-16(25)8-1-2-13-10(3-8)20-14(23)7-26-13/h1-6,19H,7H2,(H2,18,24)(H,20,23)(H,21,22,25). The van der Waals surface area contributed by atoms with E-state index >= 15 is 0 Å². The summed E-state index contributed by atoms with van der Waals surface area (Å²) in [4.78, 5) is 43.2. The van der Waals surface area contributed by atoms with Gasteiger partial charge in [-0.3, -0.25) is 19.7 Å². The van der Waals surface area contributed by atoms with Gasteiger partial charge in [0, 0.05) is 27.6 Å². The molecule has 0 unspecified atom stereocenters. The van der Waals surface area contributed by atoms with E-state index in [1.54, 1.807) is 29.8 Å². The number of carbonyl (C=O) groups excluding carboxylic acids is 3. The van der Waals surface area contributed by atoms with Gasteiger partial charge in [-0.25, -0.2) is 4.98 Å². The molecule has 136 valence electrons. The molecule has 8 nitrogen and oxygen atoms in total. The van der Waals surface area contributed by atoms with Crippen LogP contribution in [0.5, 0.6) is 0 Å². The van der Waals surface area contributed by atoms with Gasteiger partial charge in [-0.15, -0.1) is 23.1 Å². The molecule has 0 atom stereocenters. The maximum atomic E-state index is 12.5. The average Bonchev–Trinajstić information content (AvgIpc) is 3.30. The average molecular weight is 399 g/mol. The number of benzene rings is 1. The predicted octanol–water partition coefficient (Wildman–Crippen LogP) is 2.53. The number of hydrogen-bond acceptors (Lipinski definition) is 6. The number of amides is 3. The number of carbonyl (C=O) groups is 3. The molecule has 0 aliphatic carbocycles. The summed E-state index contributed by atoms with van der Waals surface area (Å²) in [5.74, 6) is -0.591. The van der Waals surface area contributed by atoms with E-state index in [1.807, 2.05) is 6.07 Å². The molecule has 3 heterocycles. The second-order valence-corrected chi connectivity index (χ2v) is 7.58. The highest BCUT2D eigenvalue weighted by molar-refractivity contribution is 8.00. The van der Waals surface area contributed by atoms with Gasteiger partial charge in [-0.05, 0) is 24.3 Å². The fraction of sp³-hybridized carbons (Fsp3) is 0.0588. The number of hydrogen-bond donors (Lipinski definition) is 4. The summed E-state index contributed by atoms with van der Waals surface area (Å²) in [5, 5.41) is 7.70. The SMILES string of the molecule is NC(=O)c1cc(-c2csc(NC(=O)c3ccc4c(c3)NC(=O)CS4)n2)c[nH]1. The summed E-state index contributed by atoms with van der Waals surface area (Å²) >= 11 is 2.70. The highest BCUT2D eigenvalue weighted by atomic mass is 32.2. The zero-order valence-electron chi connectivity index (χ0n) is 13.7. The third kappa shape index (κ3) is 3.57. The number of thiazole rings is 1. The molecular formula is C17H13N5O3S2. The van der Waals surface area contributed by atoms with Crippen molar-refractivity contribution < 1.29 is 14.4 Å². The van der Waals surface area contributed by atoms with Crippen molar-refractivity contribution in [1.29, 1.82) is 0 Å². The number of nitrogens with one attached hydrogen (secondary N) is 3. The lowest BCUT2D eigenvalue weighted by Gasteiger charge is -2.16. The zero-order valence-corrected chi connectivity index (χ0v) is 15.4. The van der Waals surface area contributed by atoms with E-state index < -0.39 is 5.91 Å². The Labute approximate surface area is 161 Å². The number of aromatic amines is 1. The lowest BCUT2D eigenvalue weighted by molar-refractivity contribution is -0.113. The van der Waals surface area contributed by atoms with Crippen molar-refractivity contribution in [3.05, 3.63) is 47.1 Å². The number of H-pyrrole nitrogens is 1. The molecule has 0 spiro atoms. The Balaban J connectivity index is 1.50. The molecular weight excluding hydrogens is 386 g/mol. The molecule has 1 aliphatic rings. The highest BCUT2D eigenvalue weighted by Gasteiger charge is 2.18. The first-order valence-corrected chi connectivity index (χ1v) is 9.68. The van der Waals surface area contributed by atoms with E-state index in [1.165, 1.54) is 23.1 Å². The number of nitrogens with two attached hydrogens (primary N) is 1. The lowest BCUT2D eigenvalue weighted by atomic mass is 10.2. The van der Waals surface area contributed by atoms with Gasteiger partial charge in [0.1, 0.15) is 5.69 Å². The zero-order chi connectivity index (χ0) is 19.0. The Morgan fingerprint density at radius 3 is 2.89 bits per heavy atom. The highest BCUT2D eigenvalue weighted by Crippen LogP contribution is 2.32. The van der Waals surface area contributed by atoms with Crippen LogP contribution in [0.4, 0.5) is 10.8 Å². The van der Waals surface area contributed by atoms with Crippen LogP contribution in [-0.4, -0.2) is 33.4 Å². The molecule has 0 saturated carbocycles. The second kappa shape index (κ2) is 6.89. The van der Waals surface area contributed by atoms with E-state index in [4.69, 9.17) is 5.73 Å². The minimum Gasteiger partial charge on any atom is -0.364 e. The lowest BCUT2D eigenvalue weighted by Crippen LogP contribution is -2.19. The van der Waals surface area contributed by atoms with Crippen LogP contribution in [0.15, 0.2) is 40.7 Å². The van der Waals surface area contributed by atoms with Crippen LogP contribution in [0.3, 0.4) is 0 Å². The number of anilines is 2. The van der Waals surface area contributed by atoms with E-state index in [0.29, 0.717) is 33.4 Å². The third-order valence-corrected chi connectivity index (χ3v) is 5.67. The van der Waals surface area contributed by atoms with Crippen LogP contribution in [0.25, 0.3) is 11.3 Å². The Bertz CT molecular complexity index is 1070. The van der Waals surface area contributed by atoms with Crippen molar-refractivity contribution in [2.75, 3.05) is 16.4 Å². The van der Waals surface area contributed by atoms with Gasteiger partial charge in [-0.2, -0.15) is 0 Å². The van der Waals surface area contributed by atoms with Crippen molar-refractivity contribution in [3.63, 3.8) is 0 Å². The second-order valence-electron chi connectivity index (χ2n) is 5.71. The van der Waals surface area contributed by atoms with Gasteiger partial charge < -0.3 is 16.0 Å². The molecule has 1 aliphatic heterocycles. The fourth-order valence-electron chi connectivity index (χ4n) is 2.54. The summed E-state index contributed by atoms with van der Waals surface area (Å²) in [7, 11) is 0. The van der Waals surface area contributed by atoms with Crippen LogP contribution in [0.1, 0.15) is 20.8 Å². The first-order valence-electron chi connectivity index (χ1n) is 7.82. The molecule has 4 rings (SSSR count). The molecule has 0 bridgehead atoms. The maximum Gasteiger partial charge on any atom is 0.265 e. The fourth-order valence-corrected chi connectivity index (χ4v) is 4.05. The van der Waals surface area contributed by atoms with Crippen molar-refractivity contribution >= 4 is 51.6 Å². The molecule has 0 fully saturated rings. The molecule has 27 heavy (non-hydrogen) atoms. The quantitative estimate of drug-likeness (QED) is 0.536. The van der Waals surface area contributed by atoms with E-state index in [9.17, 15) is 14.4 Å². The molecule has 10 heteroatoms. The maximum absolute atomic E-state index is 12.5. The van der Waals surface area contributed by atoms with Gasteiger partial charge in [0.15, 0.2) is 5.13 Å². The number of primary amides is 1. The molecule has 2 aromatic heterocycles. The first kappa shape index (κ1) is 17.3. The third-order valence-electron chi connectivity index (χ3n) is 3.84. The molecule has 0 radical (unpaired) electrons. The number of aromatic nitrogens is 2. The predicted molar refractivity (Wildman–Crippen MR) is 104 cm³/mol. The molecule has 0 saturated heterocycles. The summed E-state index contributed by atoms with van der Waals surface area (Å²) < 4.78 is 0. The van der Waals surface area contributed by atoms with Crippen molar-refractivity contribution in [3.8, 4) is 11.3 Å². The molecule has 5 N–H and O–H groups in total. The summed E-state index contributed by atoms with van der Waals surface area (Å²) in [6, 6.07) is 6.77. The van der Waals surface area contributed by atoms with Gasteiger partial charge in [0.05, 0.1) is 17.1 Å². The monoisotopic (exact) mass is 399 g/mol. The molecule has 1 aromatic carbocycles. The van der Waals surface area contributed by atoms with Crippen LogP contribution in [0.2, 0.25) is 0 Å². The van der Waals surface area contributed by atoms with E-state index in [0.717, 1.165) is 4.90 Å². The normalized spacial score (nSPS) is 13.0. The molecule has 3 amide bonds. The Morgan fingerprint density at radius 2 is 2.11 bits per heavy atom. The number of nitrogens with zero attached hydrogens (tertiary/aromatic N) is 1. The van der Waals surface area contributed by atoms with Crippen LogP contribution < -0.4 is 16.4 Å². The number of thioether (sulfide) groups is 1. The topological polar surface area (TPSA) is 130 Å². The molecule has 3 aromatic rings. The first-order chi connectivity index (χ1) is 13.0. The summed E-state index contributed by atoms with van der Waals surface area (Å²) in [5.41, 5.74) is 7.89. The van der Waals surface area contributed by atoms with Gasteiger partial charge >= 0.3 is 0 Å². The van der Waals surface area contributed by atoms with Crippen LogP contribution in [-0.2, 0) is 4.79 Å². The van der Waals surface area contributed by atoms with Crippen molar-refractivity contribution in [2.24, 2.45) is 5.73 Å². The van der Waals surface area contributed by atoms with Gasteiger partial charge in [0.2, 0.25) is 5.91 Å². The Kier molecular flexibility index (Phi) is 4.42. The van der Waals surface area contributed by atoms with Gasteiger partial charge in [0.25, 0.3) is 11.8 Å². The van der Waals surface area contributed by atoms with Crippen molar-refractivity contribution in [1.82, 2.24) is 9.97 Å². The smallest absolute Gasteiger partial charge is 0.265 e. The Morgan fingerprint density at radius 1 is 1.26 bits per heavy atom. The van der Waals surface area contributed by atoms with Gasteiger partial charge in [-0.1, -0.05) is 0 Å². The number of fused-ring (bicyclic) bond motifs is 1. The Hall–Kier alpha value is -3.11. The largest absolute Gasteiger partial charge is 0.364 e. The van der Waals surface area contributed by atoms with Crippen molar-refractivity contribution in [2.45, 2.75) is 4.90 Å².